The fourth-order valence-corrected chi connectivity index (χ4v) is 4.49. The van der Waals surface area contributed by atoms with Crippen molar-refractivity contribution in [1.82, 2.24) is 9.62 Å². The summed E-state index contributed by atoms with van der Waals surface area (Å²) in [6.07, 6.45) is 0. The highest BCUT2D eigenvalue weighted by molar-refractivity contribution is 7.89. The van der Waals surface area contributed by atoms with Gasteiger partial charge in [0, 0.05) is 24.3 Å². The van der Waals surface area contributed by atoms with Gasteiger partial charge in [-0.2, -0.15) is 4.31 Å². The first kappa shape index (κ1) is 22.7. The van der Waals surface area contributed by atoms with Crippen molar-refractivity contribution in [3.05, 3.63) is 54.1 Å². The molecule has 0 fully saturated rings. The van der Waals surface area contributed by atoms with Crippen molar-refractivity contribution in [3.63, 3.8) is 0 Å². The number of carbonyl (C=O) groups is 1. The molecule has 0 spiro atoms. The Morgan fingerprint density at radius 1 is 1.07 bits per heavy atom. The molecule has 0 aliphatic carbocycles. The molecule has 7 nitrogen and oxygen atoms in total. The molecular formula is C21H29N3O4S. The van der Waals surface area contributed by atoms with Gasteiger partial charge >= 0.3 is 0 Å². The quantitative estimate of drug-likeness (QED) is 0.618. The van der Waals surface area contributed by atoms with Gasteiger partial charge in [0.05, 0.1) is 24.6 Å². The van der Waals surface area contributed by atoms with Crippen LogP contribution in [0.25, 0.3) is 0 Å². The van der Waals surface area contributed by atoms with E-state index in [2.05, 4.69) is 10.6 Å². The first-order chi connectivity index (χ1) is 13.8. The third-order valence-corrected chi connectivity index (χ3v) is 6.70. The molecule has 8 heteroatoms. The van der Waals surface area contributed by atoms with Crippen molar-refractivity contribution in [3.8, 4) is 5.75 Å². The molecule has 1 amide bonds. The number of nitrogens with one attached hydrogen (secondary N) is 2. The summed E-state index contributed by atoms with van der Waals surface area (Å²) in [6, 6.07) is 13.7. The standard InChI is InChI=1S/C21H29N3O4S/c1-5-24(6-2)29(26,27)18-13-11-17(12-14-18)22-15-21(25)23-16(3)19-9-7-8-10-20(19)28-4/h7-14,16,22H,5-6,15H2,1-4H3,(H,23,25). The average Bonchev–Trinajstić information content (AvgIpc) is 2.73. The summed E-state index contributed by atoms with van der Waals surface area (Å²) in [6.45, 7) is 6.42. The zero-order valence-electron chi connectivity index (χ0n) is 17.3. The third-order valence-electron chi connectivity index (χ3n) is 4.63. The number of hydrogen-bond donors (Lipinski definition) is 2. The molecule has 1 atom stereocenters. The van der Waals surface area contributed by atoms with Crippen LogP contribution in [-0.4, -0.2) is 45.4 Å². The van der Waals surface area contributed by atoms with Crippen molar-refractivity contribution in [2.45, 2.75) is 31.7 Å². The maximum Gasteiger partial charge on any atom is 0.243 e. The number of anilines is 1. The molecular weight excluding hydrogens is 390 g/mol. The van der Waals surface area contributed by atoms with E-state index >= 15 is 0 Å². The number of benzene rings is 2. The molecule has 0 bridgehead atoms. The molecule has 158 valence electrons. The smallest absolute Gasteiger partial charge is 0.243 e. The van der Waals surface area contributed by atoms with Crippen molar-refractivity contribution >= 4 is 21.6 Å². The minimum absolute atomic E-state index is 0.0711. The van der Waals surface area contributed by atoms with E-state index in [9.17, 15) is 13.2 Å². The fraction of sp³-hybridized carbons (Fsp3) is 0.381. The maximum absolute atomic E-state index is 12.5. The van der Waals surface area contributed by atoms with Gasteiger partial charge in [-0.3, -0.25) is 4.79 Å². The summed E-state index contributed by atoms with van der Waals surface area (Å²) in [5.41, 5.74) is 1.57. The van der Waals surface area contributed by atoms with Crippen molar-refractivity contribution in [2.75, 3.05) is 32.1 Å². The normalized spacial score (nSPS) is 12.4. The number of sulfonamides is 1. The second-order valence-electron chi connectivity index (χ2n) is 6.50. The molecule has 0 aliphatic heterocycles. The predicted octanol–water partition coefficient (Wildman–Crippen LogP) is 3.02. The molecule has 29 heavy (non-hydrogen) atoms. The Morgan fingerprint density at radius 3 is 2.28 bits per heavy atom. The van der Waals surface area contributed by atoms with E-state index in [1.165, 1.54) is 4.31 Å². The van der Waals surface area contributed by atoms with Gasteiger partial charge in [-0.15, -0.1) is 0 Å². The summed E-state index contributed by atoms with van der Waals surface area (Å²) in [7, 11) is -1.89. The molecule has 0 heterocycles. The van der Waals surface area contributed by atoms with Crippen LogP contribution in [0.1, 0.15) is 32.4 Å². The van der Waals surface area contributed by atoms with Crippen LogP contribution in [0.2, 0.25) is 0 Å². The van der Waals surface area contributed by atoms with Crippen LogP contribution in [0.15, 0.2) is 53.4 Å². The maximum atomic E-state index is 12.5. The number of carbonyl (C=O) groups excluding carboxylic acids is 1. The Hall–Kier alpha value is -2.58. The van der Waals surface area contributed by atoms with Gasteiger partial charge in [0.25, 0.3) is 0 Å². The largest absolute Gasteiger partial charge is 0.496 e. The Morgan fingerprint density at radius 2 is 1.69 bits per heavy atom. The van der Waals surface area contributed by atoms with Gasteiger partial charge in [-0.05, 0) is 37.3 Å². The summed E-state index contributed by atoms with van der Waals surface area (Å²) in [5.74, 6) is 0.543. The van der Waals surface area contributed by atoms with Gasteiger partial charge < -0.3 is 15.4 Å². The number of rotatable bonds is 10. The third kappa shape index (κ3) is 5.71. The highest BCUT2D eigenvalue weighted by atomic mass is 32.2. The van der Waals surface area contributed by atoms with Gasteiger partial charge in [0.15, 0.2) is 0 Å². The average molecular weight is 420 g/mol. The van der Waals surface area contributed by atoms with E-state index in [1.807, 2.05) is 45.0 Å². The molecule has 0 aromatic heterocycles. The number of methoxy groups -OCH3 is 1. The minimum Gasteiger partial charge on any atom is -0.496 e. The second-order valence-corrected chi connectivity index (χ2v) is 8.44. The highest BCUT2D eigenvalue weighted by Gasteiger charge is 2.21. The lowest BCUT2D eigenvalue weighted by molar-refractivity contribution is -0.120. The van der Waals surface area contributed by atoms with Gasteiger partial charge in [-0.1, -0.05) is 32.0 Å². The first-order valence-electron chi connectivity index (χ1n) is 9.59. The predicted molar refractivity (Wildman–Crippen MR) is 115 cm³/mol. The highest BCUT2D eigenvalue weighted by Crippen LogP contribution is 2.24. The topological polar surface area (TPSA) is 87.7 Å². The first-order valence-corrected chi connectivity index (χ1v) is 11.0. The zero-order chi connectivity index (χ0) is 21.4. The summed E-state index contributed by atoms with van der Waals surface area (Å²) >= 11 is 0. The van der Waals surface area contributed by atoms with Crippen molar-refractivity contribution < 1.29 is 17.9 Å². The monoisotopic (exact) mass is 419 g/mol. The molecule has 2 rings (SSSR count). The van der Waals surface area contributed by atoms with Crippen LogP contribution < -0.4 is 15.4 Å². The molecule has 0 radical (unpaired) electrons. The van der Waals surface area contributed by atoms with Crippen LogP contribution in [0, 0.1) is 0 Å². The number of amides is 1. The lowest BCUT2D eigenvalue weighted by Crippen LogP contribution is -2.32. The van der Waals surface area contributed by atoms with Crippen LogP contribution in [-0.2, 0) is 14.8 Å². The summed E-state index contributed by atoms with van der Waals surface area (Å²) < 4.78 is 31.8. The van der Waals surface area contributed by atoms with Crippen LogP contribution in [0.5, 0.6) is 5.75 Å². The number of hydrogen-bond acceptors (Lipinski definition) is 5. The molecule has 2 N–H and O–H groups in total. The molecule has 2 aromatic rings. The molecule has 0 aliphatic rings. The Labute approximate surface area is 173 Å². The fourth-order valence-electron chi connectivity index (χ4n) is 3.03. The summed E-state index contributed by atoms with van der Waals surface area (Å²) in [5, 5.41) is 5.94. The van der Waals surface area contributed by atoms with Gasteiger partial charge in [-0.25, -0.2) is 8.42 Å². The SMILES string of the molecule is CCN(CC)S(=O)(=O)c1ccc(NCC(=O)NC(C)c2ccccc2OC)cc1. The van der Waals surface area contributed by atoms with Crippen LogP contribution in [0.3, 0.4) is 0 Å². The minimum atomic E-state index is -3.49. The van der Waals surface area contributed by atoms with Crippen LogP contribution >= 0.6 is 0 Å². The Balaban J connectivity index is 1.95. The van der Waals surface area contributed by atoms with E-state index in [0.717, 1.165) is 11.3 Å². The Bertz CT molecular complexity index is 910. The van der Waals surface area contributed by atoms with E-state index in [0.29, 0.717) is 18.8 Å². The lowest BCUT2D eigenvalue weighted by Gasteiger charge is -2.19. The second kappa shape index (κ2) is 10.3. The van der Waals surface area contributed by atoms with Crippen LogP contribution in [0.4, 0.5) is 5.69 Å². The summed E-state index contributed by atoms with van der Waals surface area (Å²) in [4.78, 5) is 12.5. The molecule has 1 unspecified atom stereocenters. The van der Waals surface area contributed by atoms with Crippen molar-refractivity contribution in [2.24, 2.45) is 0 Å². The van der Waals surface area contributed by atoms with Crippen molar-refractivity contribution in [1.29, 1.82) is 0 Å². The van der Waals surface area contributed by atoms with E-state index in [-0.39, 0.29) is 23.4 Å². The molecule has 0 saturated carbocycles. The number of para-hydroxylation sites is 1. The van der Waals surface area contributed by atoms with E-state index in [1.54, 1.807) is 31.4 Å². The van der Waals surface area contributed by atoms with E-state index in [4.69, 9.17) is 4.74 Å². The van der Waals surface area contributed by atoms with Gasteiger partial charge in [0.1, 0.15) is 5.75 Å². The number of nitrogens with zero attached hydrogens (tertiary/aromatic N) is 1. The zero-order valence-corrected chi connectivity index (χ0v) is 18.1. The molecule has 2 aromatic carbocycles. The lowest BCUT2D eigenvalue weighted by atomic mass is 10.1. The number of ether oxygens (including phenoxy) is 1. The molecule has 0 saturated heterocycles. The van der Waals surface area contributed by atoms with Gasteiger partial charge in [0.2, 0.25) is 15.9 Å². The van der Waals surface area contributed by atoms with E-state index < -0.39 is 10.0 Å². The Kier molecular flexibility index (Phi) is 8.04.